The van der Waals surface area contributed by atoms with Gasteiger partial charge in [0.25, 0.3) is 15.5 Å². The summed E-state index contributed by atoms with van der Waals surface area (Å²) in [5.74, 6) is -0.572. The van der Waals surface area contributed by atoms with Crippen molar-refractivity contribution in [1.82, 2.24) is 0 Å². The maximum atomic E-state index is 12.6. The van der Waals surface area contributed by atoms with Crippen molar-refractivity contribution in [1.29, 1.82) is 0 Å². The van der Waals surface area contributed by atoms with E-state index in [-0.39, 0.29) is 5.69 Å². The Labute approximate surface area is 171 Å². The fourth-order valence-electron chi connectivity index (χ4n) is 2.25. The second-order valence-corrected chi connectivity index (χ2v) is 8.60. The smallest absolute Gasteiger partial charge is 0.371 e. The number of aryl methyl sites for hydroxylation is 1. The molecule has 8 nitrogen and oxygen atoms in total. The Hall–Kier alpha value is -2.67. The molecule has 2 aromatic carbocycles. The quantitative estimate of drug-likeness (QED) is 0.461. The van der Waals surface area contributed by atoms with Crippen molar-refractivity contribution >= 4 is 48.7 Å². The van der Waals surface area contributed by atoms with Gasteiger partial charge in [-0.3, -0.25) is 14.9 Å². The number of alkyl halides is 3. The fourth-order valence-corrected chi connectivity index (χ4v) is 3.51. The lowest BCUT2D eigenvalue weighted by molar-refractivity contribution is -0.384. The monoisotopic (exact) mass is 495 g/mol. The van der Waals surface area contributed by atoms with E-state index in [1.807, 2.05) is 0 Å². The number of nitrogens with one attached hydrogen (secondary N) is 2. The lowest BCUT2D eigenvalue weighted by Crippen LogP contribution is -2.24. The topological polar surface area (TPSA) is 118 Å². The second kappa shape index (κ2) is 8.37. The van der Waals surface area contributed by atoms with Gasteiger partial charge >= 0.3 is 5.51 Å². The Morgan fingerprint density at radius 3 is 2.34 bits per heavy atom. The highest BCUT2D eigenvalue weighted by Crippen LogP contribution is 2.34. The Kier molecular flexibility index (Phi) is 6.53. The predicted molar refractivity (Wildman–Crippen MR) is 102 cm³/mol. The first-order valence-corrected chi connectivity index (χ1v) is 10.00. The molecule has 13 heteroatoms. The van der Waals surface area contributed by atoms with Crippen LogP contribution in [-0.4, -0.2) is 31.3 Å². The van der Waals surface area contributed by atoms with Crippen LogP contribution in [0.5, 0.6) is 0 Å². The van der Waals surface area contributed by atoms with Gasteiger partial charge in [-0.2, -0.15) is 13.2 Å². The van der Waals surface area contributed by atoms with E-state index in [2.05, 4.69) is 26.6 Å². The Morgan fingerprint density at radius 1 is 1.17 bits per heavy atom. The van der Waals surface area contributed by atoms with Crippen LogP contribution in [0.2, 0.25) is 0 Å². The molecule has 0 aromatic heterocycles. The van der Waals surface area contributed by atoms with Crippen molar-refractivity contribution < 1.29 is 31.3 Å². The van der Waals surface area contributed by atoms with Gasteiger partial charge in [0, 0.05) is 16.2 Å². The van der Waals surface area contributed by atoms with Crippen LogP contribution in [-0.2, 0) is 14.6 Å². The van der Waals surface area contributed by atoms with E-state index in [4.69, 9.17) is 0 Å². The van der Waals surface area contributed by atoms with Gasteiger partial charge in [0.2, 0.25) is 5.91 Å². The highest BCUT2D eigenvalue weighted by atomic mass is 79.9. The molecule has 0 spiro atoms. The van der Waals surface area contributed by atoms with E-state index in [0.717, 1.165) is 16.1 Å². The number of nitro groups is 1. The number of sulfone groups is 1. The summed E-state index contributed by atoms with van der Waals surface area (Å²) >= 11 is 3.28. The van der Waals surface area contributed by atoms with E-state index < -0.39 is 43.3 Å². The molecule has 0 heterocycles. The standard InChI is InChI=1S/C16H13BrF3N3O5S/c1-9-6-10(17)2-4-12(9)22-15(24)8-21-13-5-3-11(7-14(13)23(25)26)29(27,28)16(18,19)20/h2-7,21H,8H2,1H3,(H,22,24). The van der Waals surface area contributed by atoms with Gasteiger partial charge in [-0.05, 0) is 42.8 Å². The van der Waals surface area contributed by atoms with Crippen LogP contribution in [0.25, 0.3) is 0 Å². The average molecular weight is 496 g/mol. The van der Waals surface area contributed by atoms with Gasteiger partial charge in [-0.1, -0.05) is 15.9 Å². The predicted octanol–water partition coefficient (Wildman–Crippen LogP) is 4.01. The van der Waals surface area contributed by atoms with Crippen molar-refractivity contribution in [3.05, 3.63) is 56.5 Å². The van der Waals surface area contributed by atoms with Crippen molar-refractivity contribution in [3.63, 3.8) is 0 Å². The van der Waals surface area contributed by atoms with Gasteiger partial charge in [0.1, 0.15) is 5.69 Å². The van der Waals surface area contributed by atoms with Crippen molar-refractivity contribution in [2.45, 2.75) is 17.3 Å². The zero-order valence-electron chi connectivity index (χ0n) is 14.6. The molecule has 2 aromatic rings. The van der Waals surface area contributed by atoms with Crippen LogP contribution >= 0.6 is 15.9 Å². The van der Waals surface area contributed by atoms with Gasteiger partial charge in [-0.25, -0.2) is 8.42 Å². The molecule has 0 bridgehead atoms. The summed E-state index contributed by atoms with van der Waals surface area (Å²) in [5.41, 5.74) is -5.57. The van der Waals surface area contributed by atoms with E-state index in [1.54, 1.807) is 25.1 Å². The molecule has 0 aliphatic carbocycles. The molecule has 1 amide bonds. The number of carbonyl (C=O) groups is 1. The van der Waals surface area contributed by atoms with Crippen LogP contribution in [0.15, 0.2) is 45.8 Å². The lowest BCUT2D eigenvalue weighted by Gasteiger charge is -2.12. The third kappa shape index (κ3) is 5.23. The number of hydrogen-bond acceptors (Lipinski definition) is 6. The van der Waals surface area contributed by atoms with Crippen molar-refractivity contribution in [2.75, 3.05) is 17.2 Å². The highest BCUT2D eigenvalue weighted by Gasteiger charge is 2.47. The third-order valence-electron chi connectivity index (χ3n) is 3.68. The van der Waals surface area contributed by atoms with E-state index in [0.29, 0.717) is 17.8 Å². The van der Waals surface area contributed by atoms with Crippen molar-refractivity contribution in [2.24, 2.45) is 0 Å². The molecule has 0 atom stereocenters. The second-order valence-electron chi connectivity index (χ2n) is 5.75. The minimum absolute atomic E-state index is 0.294. The molecule has 0 saturated heterocycles. The zero-order chi connectivity index (χ0) is 22.0. The number of anilines is 2. The van der Waals surface area contributed by atoms with Crippen LogP contribution < -0.4 is 10.6 Å². The molecule has 0 aliphatic rings. The van der Waals surface area contributed by atoms with Gasteiger partial charge in [0.15, 0.2) is 0 Å². The first-order chi connectivity index (χ1) is 13.3. The van der Waals surface area contributed by atoms with Crippen LogP contribution in [0.3, 0.4) is 0 Å². The van der Waals surface area contributed by atoms with Gasteiger partial charge < -0.3 is 10.6 Å². The van der Waals surface area contributed by atoms with E-state index in [1.165, 1.54) is 0 Å². The fraction of sp³-hybridized carbons (Fsp3) is 0.188. The molecule has 2 rings (SSSR count). The molecule has 2 N–H and O–H groups in total. The molecule has 29 heavy (non-hydrogen) atoms. The van der Waals surface area contributed by atoms with Crippen LogP contribution in [0, 0.1) is 17.0 Å². The summed E-state index contributed by atoms with van der Waals surface area (Å²) in [6.07, 6.45) is 0. The molecule has 0 unspecified atom stereocenters. The number of hydrogen-bond donors (Lipinski definition) is 2. The number of benzene rings is 2. The van der Waals surface area contributed by atoms with Gasteiger partial charge in [-0.15, -0.1) is 0 Å². The van der Waals surface area contributed by atoms with Crippen molar-refractivity contribution in [3.8, 4) is 0 Å². The number of amides is 1. The third-order valence-corrected chi connectivity index (χ3v) is 5.66. The first-order valence-electron chi connectivity index (χ1n) is 7.72. The molecule has 156 valence electrons. The molecule has 0 radical (unpaired) electrons. The number of carbonyl (C=O) groups excluding carboxylic acids is 1. The minimum atomic E-state index is -5.74. The highest BCUT2D eigenvalue weighted by molar-refractivity contribution is 9.10. The summed E-state index contributed by atoms with van der Waals surface area (Å²) in [4.78, 5) is 20.9. The lowest BCUT2D eigenvalue weighted by atomic mass is 10.2. The maximum absolute atomic E-state index is 12.6. The number of rotatable bonds is 6. The molecule has 0 fully saturated rings. The number of nitrogens with zero attached hydrogens (tertiary/aromatic N) is 1. The number of halogens is 4. The largest absolute Gasteiger partial charge is 0.501 e. The van der Waals surface area contributed by atoms with Gasteiger partial charge in [0.05, 0.1) is 16.4 Å². The van der Waals surface area contributed by atoms with Crippen LogP contribution in [0.1, 0.15) is 5.56 Å². The summed E-state index contributed by atoms with van der Waals surface area (Å²) in [6.45, 7) is 1.31. The number of nitro benzene ring substituents is 1. The summed E-state index contributed by atoms with van der Waals surface area (Å²) in [5, 5.41) is 16.1. The molecule has 0 saturated carbocycles. The van der Waals surface area contributed by atoms with E-state index >= 15 is 0 Å². The SMILES string of the molecule is Cc1cc(Br)ccc1NC(=O)CNc1ccc(S(=O)(=O)C(F)(F)F)cc1[N+](=O)[O-]. The maximum Gasteiger partial charge on any atom is 0.501 e. The zero-order valence-corrected chi connectivity index (χ0v) is 17.0. The molecular weight excluding hydrogens is 483 g/mol. The summed E-state index contributed by atoms with van der Waals surface area (Å²) < 4.78 is 61.6. The Bertz CT molecular complexity index is 1070. The molecular formula is C16H13BrF3N3O5S. The normalized spacial score (nSPS) is 11.8. The Balaban J connectivity index is 2.20. The Morgan fingerprint density at radius 2 is 1.79 bits per heavy atom. The summed E-state index contributed by atoms with van der Waals surface area (Å²) in [7, 11) is -5.74. The first kappa shape index (κ1) is 22.6. The molecule has 0 aliphatic heterocycles. The summed E-state index contributed by atoms with van der Waals surface area (Å²) in [6, 6.07) is 6.76. The van der Waals surface area contributed by atoms with E-state index in [9.17, 15) is 36.5 Å². The minimum Gasteiger partial charge on any atom is -0.371 e. The van der Waals surface area contributed by atoms with Crippen LogP contribution in [0.4, 0.5) is 30.2 Å². The average Bonchev–Trinajstić information content (AvgIpc) is 2.61.